The largest absolute Gasteiger partial charge is 0.493 e. The number of hydrogen-bond donors (Lipinski definition) is 1. The Morgan fingerprint density at radius 1 is 1.53 bits per heavy atom. The maximum atomic E-state index is 12.2. The van der Waals surface area contributed by atoms with E-state index in [0.29, 0.717) is 18.0 Å². The van der Waals surface area contributed by atoms with Crippen LogP contribution in [0, 0.1) is 0 Å². The van der Waals surface area contributed by atoms with Crippen LogP contribution in [0.3, 0.4) is 0 Å². The summed E-state index contributed by atoms with van der Waals surface area (Å²) < 4.78 is 6.71. The van der Waals surface area contributed by atoms with Crippen molar-refractivity contribution >= 4 is 5.78 Å². The lowest BCUT2D eigenvalue weighted by molar-refractivity contribution is 0.0909. The van der Waals surface area contributed by atoms with E-state index in [2.05, 4.69) is 15.3 Å². The van der Waals surface area contributed by atoms with E-state index in [-0.39, 0.29) is 5.78 Å². The number of ketones is 1. The highest BCUT2D eigenvalue weighted by Crippen LogP contribution is 2.17. The number of ether oxygens (including phenoxy) is 1. The molecule has 1 aromatic heterocycles. The van der Waals surface area contributed by atoms with Crippen LogP contribution in [-0.4, -0.2) is 60.3 Å². The molecule has 0 amide bonds. The van der Waals surface area contributed by atoms with Gasteiger partial charge in [-0.25, -0.2) is 0 Å². The van der Waals surface area contributed by atoms with E-state index in [1.165, 1.54) is 0 Å². The van der Waals surface area contributed by atoms with Gasteiger partial charge in [0.25, 0.3) is 0 Å². The number of nitrogens with one attached hydrogen (secondary N) is 1. The van der Waals surface area contributed by atoms with E-state index in [9.17, 15) is 4.79 Å². The average Bonchev–Trinajstić information content (AvgIpc) is 2.71. The minimum atomic E-state index is 0.0590. The smallest absolute Gasteiger partial charge is 0.198 e. The number of methoxy groups -OCH3 is 1. The minimum Gasteiger partial charge on any atom is -0.493 e. The maximum Gasteiger partial charge on any atom is 0.198 e. The monoisotopic (exact) mass is 238 g/mol. The van der Waals surface area contributed by atoms with Crippen molar-refractivity contribution in [3.8, 4) is 5.75 Å². The molecular formula is C11H18N4O2. The molecule has 2 heterocycles. The topological polar surface area (TPSA) is 59.4 Å². The van der Waals surface area contributed by atoms with E-state index < -0.39 is 0 Å². The Bertz CT molecular complexity index is 396. The summed E-state index contributed by atoms with van der Waals surface area (Å²) in [5, 5.41) is 7.30. The normalized spacial score (nSPS) is 17.1. The fraction of sp³-hybridized carbons (Fsp3) is 0.636. The van der Waals surface area contributed by atoms with Crippen LogP contribution in [0.25, 0.3) is 0 Å². The van der Waals surface area contributed by atoms with Gasteiger partial charge >= 0.3 is 0 Å². The summed E-state index contributed by atoms with van der Waals surface area (Å²) in [6.45, 7) is 4.13. The second-order valence-electron chi connectivity index (χ2n) is 4.13. The number of aryl methyl sites for hydroxylation is 1. The van der Waals surface area contributed by atoms with Crippen molar-refractivity contribution in [2.24, 2.45) is 7.05 Å². The van der Waals surface area contributed by atoms with E-state index in [1.807, 2.05) is 0 Å². The van der Waals surface area contributed by atoms with Crippen LogP contribution in [0.2, 0.25) is 0 Å². The molecule has 0 spiro atoms. The van der Waals surface area contributed by atoms with Gasteiger partial charge in [-0.15, -0.1) is 0 Å². The highest BCUT2D eigenvalue weighted by Gasteiger charge is 2.21. The summed E-state index contributed by atoms with van der Waals surface area (Å²) in [5.41, 5.74) is 0.547. The van der Waals surface area contributed by atoms with Gasteiger partial charge in [-0.1, -0.05) is 0 Å². The first-order valence-corrected chi connectivity index (χ1v) is 5.74. The predicted octanol–water partition coefficient (Wildman–Crippen LogP) is -0.483. The van der Waals surface area contributed by atoms with E-state index >= 15 is 0 Å². The molecule has 6 nitrogen and oxygen atoms in total. The molecule has 94 valence electrons. The van der Waals surface area contributed by atoms with E-state index in [4.69, 9.17) is 4.74 Å². The highest BCUT2D eigenvalue weighted by atomic mass is 16.5. The van der Waals surface area contributed by atoms with Crippen molar-refractivity contribution in [1.82, 2.24) is 20.0 Å². The Hall–Kier alpha value is -1.40. The summed E-state index contributed by atoms with van der Waals surface area (Å²) in [7, 11) is 3.31. The van der Waals surface area contributed by atoms with Crippen LogP contribution in [0.1, 0.15) is 10.5 Å². The number of hydrogen-bond acceptors (Lipinski definition) is 5. The molecule has 0 atom stereocenters. The second kappa shape index (κ2) is 5.29. The first-order chi connectivity index (χ1) is 8.22. The lowest BCUT2D eigenvalue weighted by Crippen LogP contribution is -2.45. The summed E-state index contributed by atoms with van der Waals surface area (Å²) in [4.78, 5) is 14.3. The summed E-state index contributed by atoms with van der Waals surface area (Å²) >= 11 is 0. The zero-order valence-corrected chi connectivity index (χ0v) is 10.3. The van der Waals surface area contributed by atoms with Crippen molar-refractivity contribution in [1.29, 1.82) is 0 Å². The van der Waals surface area contributed by atoms with Gasteiger partial charge in [0.2, 0.25) is 0 Å². The fourth-order valence-electron chi connectivity index (χ4n) is 2.03. The van der Waals surface area contributed by atoms with Crippen molar-refractivity contribution in [3.63, 3.8) is 0 Å². The quantitative estimate of drug-likeness (QED) is 0.718. The van der Waals surface area contributed by atoms with Gasteiger partial charge in [0, 0.05) is 33.2 Å². The van der Waals surface area contributed by atoms with Crippen LogP contribution in [-0.2, 0) is 7.05 Å². The van der Waals surface area contributed by atoms with Crippen molar-refractivity contribution < 1.29 is 9.53 Å². The standard InChI is InChI=1S/C11H18N4O2/c1-14-11(10(17-2)7-13-14)9(16)8-15-5-3-12-4-6-15/h7,12H,3-6,8H2,1-2H3. The Labute approximate surface area is 101 Å². The lowest BCUT2D eigenvalue weighted by Gasteiger charge is -2.26. The summed E-state index contributed by atoms with van der Waals surface area (Å²) in [6, 6.07) is 0. The summed E-state index contributed by atoms with van der Waals surface area (Å²) in [6.07, 6.45) is 1.57. The van der Waals surface area contributed by atoms with E-state index in [1.54, 1.807) is 25.0 Å². The number of carbonyl (C=O) groups is 1. The first kappa shape index (κ1) is 12.1. The van der Waals surface area contributed by atoms with Crippen molar-refractivity contribution in [2.75, 3.05) is 39.8 Å². The van der Waals surface area contributed by atoms with Crippen LogP contribution >= 0.6 is 0 Å². The molecule has 1 aliphatic rings. The van der Waals surface area contributed by atoms with Gasteiger partial charge in [0.05, 0.1) is 19.9 Å². The van der Waals surface area contributed by atoms with Crippen LogP contribution < -0.4 is 10.1 Å². The van der Waals surface area contributed by atoms with Gasteiger partial charge < -0.3 is 10.1 Å². The third-order valence-corrected chi connectivity index (χ3v) is 2.97. The average molecular weight is 238 g/mol. The molecule has 0 aliphatic carbocycles. The molecule has 6 heteroatoms. The molecule has 17 heavy (non-hydrogen) atoms. The van der Waals surface area contributed by atoms with Gasteiger partial charge in [0.15, 0.2) is 11.5 Å². The van der Waals surface area contributed by atoms with Crippen molar-refractivity contribution in [2.45, 2.75) is 0 Å². The Morgan fingerprint density at radius 2 is 2.24 bits per heavy atom. The number of carbonyl (C=O) groups excluding carboxylic acids is 1. The first-order valence-electron chi connectivity index (χ1n) is 5.74. The maximum absolute atomic E-state index is 12.2. The fourth-order valence-corrected chi connectivity index (χ4v) is 2.03. The predicted molar refractivity (Wildman–Crippen MR) is 63.4 cm³/mol. The van der Waals surface area contributed by atoms with Gasteiger partial charge in [-0.2, -0.15) is 5.10 Å². The molecular weight excluding hydrogens is 220 g/mol. The molecule has 1 aliphatic heterocycles. The van der Waals surface area contributed by atoms with Crippen molar-refractivity contribution in [3.05, 3.63) is 11.9 Å². The van der Waals surface area contributed by atoms with E-state index in [0.717, 1.165) is 26.2 Å². The summed E-state index contributed by atoms with van der Waals surface area (Å²) in [5.74, 6) is 0.608. The molecule has 2 rings (SSSR count). The number of piperazine rings is 1. The van der Waals surface area contributed by atoms with Crippen LogP contribution in [0.5, 0.6) is 5.75 Å². The minimum absolute atomic E-state index is 0.0590. The zero-order chi connectivity index (χ0) is 12.3. The third kappa shape index (κ3) is 2.65. The van der Waals surface area contributed by atoms with Crippen LogP contribution in [0.4, 0.5) is 0 Å². The Morgan fingerprint density at radius 3 is 2.88 bits per heavy atom. The van der Waals surface area contributed by atoms with Gasteiger partial charge in [0.1, 0.15) is 5.69 Å². The van der Waals surface area contributed by atoms with Gasteiger partial charge in [-0.05, 0) is 0 Å². The highest BCUT2D eigenvalue weighted by molar-refractivity contribution is 5.98. The molecule has 0 unspecified atom stereocenters. The molecule has 0 aromatic carbocycles. The molecule has 1 aromatic rings. The Balaban J connectivity index is 2.05. The lowest BCUT2D eigenvalue weighted by atomic mass is 10.2. The molecule has 1 saturated heterocycles. The van der Waals surface area contributed by atoms with Crippen LogP contribution in [0.15, 0.2) is 6.20 Å². The molecule has 1 N–H and O–H groups in total. The molecule has 1 fully saturated rings. The zero-order valence-electron chi connectivity index (χ0n) is 10.3. The number of rotatable bonds is 4. The molecule has 0 bridgehead atoms. The molecule has 0 radical (unpaired) electrons. The third-order valence-electron chi connectivity index (χ3n) is 2.97. The second-order valence-corrected chi connectivity index (χ2v) is 4.13. The molecule has 0 saturated carbocycles. The number of nitrogens with zero attached hydrogens (tertiary/aromatic N) is 3. The number of Topliss-reactive ketones (excluding diaryl/α,β-unsaturated/α-hetero) is 1. The SMILES string of the molecule is COc1cnn(C)c1C(=O)CN1CCNCC1. The Kier molecular flexibility index (Phi) is 3.75. The van der Waals surface area contributed by atoms with Gasteiger partial charge in [-0.3, -0.25) is 14.4 Å². The number of aromatic nitrogens is 2.